The minimum Gasteiger partial charge on any atom is -0.657 e. The van der Waals surface area contributed by atoms with Gasteiger partial charge in [-0.15, -0.1) is 11.4 Å². The molecule has 9 rings (SSSR count). The summed E-state index contributed by atoms with van der Waals surface area (Å²) in [5.74, 6) is -0.425. The summed E-state index contributed by atoms with van der Waals surface area (Å²) < 4.78 is 136. The van der Waals surface area contributed by atoms with E-state index in [1.54, 1.807) is 60.7 Å². The van der Waals surface area contributed by atoms with E-state index < -0.39 is 46.4 Å². The number of benzene rings is 4. The van der Waals surface area contributed by atoms with Crippen molar-refractivity contribution in [2.75, 3.05) is 7.05 Å². The van der Waals surface area contributed by atoms with Gasteiger partial charge < -0.3 is 9.88 Å². The van der Waals surface area contributed by atoms with Gasteiger partial charge in [0.25, 0.3) is 40.5 Å². The average Bonchev–Trinajstić information content (AvgIpc) is 4.09. The van der Waals surface area contributed by atoms with Crippen LogP contribution in [0.1, 0.15) is 78.1 Å². The van der Waals surface area contributed by atoms with Crippen LogP contribution in [0.15, 0.2) is 156 Å². The third-order valence-electron chi connectivity index (χ3n) is 12.3. The zero-order valence-corrected chi connectivity index (χ0v) is 38.8. The van der Waals surface area contributed by atoms with Gasteiger partial charge in [0.2, 0.25) is 0 Å². The SMILES string of the molecule is CN1/C2=C(/c3ccc(S(=O)(=O)O)cc3)C3=N/C(=C(/c4ccc(S(=O)(=O)O)cc4)c4ccc([n-]4)/C(c4ccc(S(=O)(=O)O)cc4)=C4/CCC(=N4)C(c4ccc(S(=O)(=O)O)cc4)C1CC2)CC3.[Cu+]. The zero-order valence-electron chi connectivity index (χ0n) is 34.6. The molecule has 1 fully saturated rings. The van der Waals surface area contributed by atoms with Gasteiger partial charge in [0.05, 0.1) is 25.3 Å². The maximum Gasteiger partial charge on any atom is 1.00 e. The number of rotatable bonds is 8. The van der Waals surface area contributed by atoms with Gasteiger partial charge in [0.15, 0.2) is 0 Å². The predicted molar refractivity (Wildman–Crippen MR) is 241 cm³/mol. The largest absolute Gasteiger partial charge is 1.00 e. The molecule has 8 bridgehead atoms. The van der Waals surface area contributed by atoms with Crippen LogP contribution in [-0.4, -0.2) is 81.3 Å². The molecular formula is C45H39CuN4O12S4. The van der Waals surface area contributed by atoms with E-state index >= 15 is 0 Å². The van der Waals surface area contributed by atoms with Crippen molar-refractivity contribution in [2.24, 2.45) is 9.98 Å². The Labute approximate surface area is 392 Å². The standard InChI is InChI=1S/C45H39N4O12S4.Cu/c1-49-40-24-25-41(49)45(29-8-16-33(17-9-29)65(59,60)61)39-23-21-37(48-39)43(27-4-12-31(13-5-27)63(53,54)55)35-19-18-34(46-35)42(26-2-10-30(11-3-26)62(50,51)52)36-20-22-38(47-36)44(40)28-6-14-32(15-7-28)64(56,57)58;/h2-19,40,44H,20-25H2,1H3,(H,50,51,52)(H,53,54,55)(H,56,57,58)(H,59,60,61);/q-1;+1/b42-36-,43-37-,45-41-;. The molecule has 0 amide bonds. The zero-order chi connectivity index (χ0) is 46.2. The summed E-state index contributed by atoms with van der Waals surface area (Å²) in [5.41, 5.74) is 8.82. The molecule has 66 heavy (non-hydrogen) atoms. The van der Waals surface area contributed by atoms with Gasteiger partial charge in [0, 0.05) is 47.4 Å². The molecule has 5 aromatic rings. The van der Waals surface area contributed by atoms with E-state index in [1.807, 2.05) is 7.05 Å². The number of aromatic nitrogens is 1. The number of likely N-dealkylation sites (N-methyl/N-ethyl adjacent to an activating group) is 1. The molecule has 346 valence electrons. The third kappa shape index (κ3) is 9.07. The number of nitrogens with zero attached hydrogens (tertiary/aromatic N) is 4. The normalized spacial score (nSPS) is 22.5. The van der Waals surface area contributed by atoms with Crippen LogP contribution in [0.25, 0.3) is 16.7 Å². The molecule has 0 spiro atoms. The van der Waals surface area contributed by atoms with E-state index in [1.165, 1.54) is 48.5 Å². The van der Waals surface area contributed by atoms with Crippen molar-refractivity contribution in [2.45, 2.75) is 70.1 Å². The Morgan fingerprint density at radius 1 is 0.500 bits per heavy atom. The fourth-order valence-electron chi connectivity index (χ4n) is 9.29. The van der Waals surface area contributed by atoms with Crippen LogP contribution in [0.2, 0.25) is 0 Å². The Morgan fingerprint density at radius 2 is 0.894 bits per heavy atom. The van der Waals surface area contributed by atoms with Crippen molar-refractivity contribution in [3.63, 3.8) is 0 Å². The Balaban J connectivity index is 0.00000592. The average molecular weight is 1020 g/mol. The van der Waals surface area contributed by atoms with Gasteiger partial charge in [-0.3, -0.25) is 28.2 Å². The van der Waals surface area contributed by atoms with E-state index in [4.69, 9.17) is 15.0 Å². The van der Waals surface area contributed by atoms with Crippen LogP contribution in [-0.2, 0) is 57.5 Å². The summed E-state index contributed by atoms with van der Waals surface area (Å²) in [4.78, 5) is 16.7. The molecule has 0 aliphatic carbocycles. The van der Waals surface area contributed by atoms with Gasteiger partial charge in [-0.25, -0.2) is 0 Å². The van der Waals surface area contributed by atoms with Crippen LogP contribution in [0, 0.1) is 0 Å². The fourth-order valence-corrected chi connectivity index (χ4v) is 11.2. The molecule has 0 saturated carbocycles. The predicted octanol–water partition coefficient (Wildman–Crippen LogP) is 6.92. The second-order valence-corrected chi connectivity index (χ2v) is 21.8. The minimum atomic E-state index is -4.53. The maximum atomic E-state index is 12.1. The van der Waals surface area contributed by atoms with Crippen LogP contribution in [0.5, 0.6) is 0 Å². The molecule has 21 heteroatoms. The number of hydrogen-bond donors (Lipinski definition) is 4. The summed E-state index contributed by atoms with van der Waals surface area (Å²) in [5, 5.41) is 0. The van der Waals surface area contributed by atoms with Crippen LogP contribution in [0.3, 0.4) is 0 Å². The van der Waals surface area contributed by atoms with Crippen LogP contribution >= 0.6 is 0 Å². The number of aliphatic imine (C=N–C) groups is 2. The van der Waals surface area contributed by atoms with Crippen LogP contribution < -0.4 is 4.98 Å². The van der Waals surface area contributed by atoms with Gasteiger partial charge in [-0.05, 0) is 120 Å². The molecule has 1 saturated heterocycles. The summed E-state index contributed by atoms with van der Waals surface area (Å²) in [6.45, 7) is 0. The minimum absolute atomic E-state index is 0. The van der Waals surface area contributed by atoms with Crippen molar-refractivity contribution >= 4 is 68.6 Å². The number of allylic oxidation sites excluding steroid dienone is 4. The topological polar surface area (TPSA) is 260 Å². The van der Waals surface area contributed by atoms with Gasteiger partial charge >= 0.3 is 17.1 Å². The van der Waals surface area contributed by atoms with Crippen molar-refractivity contribution in [3.05, 3.63) is 160 Å². The van der Waals surface area contributed by atoms with E-state index in [9.17, 15) is 51.9 Å². The van der Waals surface area contributed by atoms with Crippen molar-refractivity contribution < 1.29 is 69.0 Å². The molecule has 4 aromatic carbocycles. The smallest absolute Gasteiger partial charge is 0.657 e. The van der Waals surface area contributed by atoms with Gasteiger partial charge in [-0.2, -0.15) is 33.7 Å². The van der Waals surface area contributed by atoms with Gasteiger partial charge in [0.1, 0.15) is 0 Å². The maximum absolute atomic E-state index is 12.1. The molecule has 4 aliphatic heterocycles. The van der Waals surface area contributed by atoms with E-state index in [0.29, 0.717) is 94.9 Å². The van der Waals surface area contributed by atoms with Crippen molar-refractivity contribution in [1.82, 2.24) is 9.88 Å². The first-order valence-electron chi connectivity index (χ1n) is 20.2. The first kappa shape index (κ1) is 47.2. The summed E-state index contributed by atoms with van der Waals surface area (Å²) >= 11 is 0. The van der Waals surface area contributed by atoms with E-state index in [2.05, 4.69) is 4.90 Å². The first-order valence-corrected chi connectivity index (χ1v) is 25.9. The second-order valence-electron chi connectivity index (χ2n) is 16.1. The molecule has 5 heterocycles. The fraction of sp³-hybridized carbons (Fsp3) is 0.200. The number of fused-ring (bicyclic) bond motifs is 6. The molecule has 4 N–H and O–H groups in total. The van der Waals surface area contributed by atoms with Gasteiger partial charge in [-0.1, -0.05) is 60.7 Å². The van der Waals surface area contributed by atoms with E-state index in [0.717, 1.165) is 22.5 Å². The molecule has 2 unspecified atom stereocenters. The second kappa shape index (κ2) is 17.4. The Bertz CT molecular complexity index is 3420. The molecule has 4 aliphatic rings. The summed E-state index contributed by atoms with van der Waals surface area (Å²) in [6.07, 6.45) is 2.86. The molecule has 1 aromatic heterocycles. The number of hydrogen-bond acceptors (Lipinski definition) is 11. The quantitative estimate of drug-likeness (QED) is 0.0909. The third-order valence-corrected chi connectivity index (χ3v) is 15.7. The molecule has 0 radical (unpaired) electrons. The van der Waals surface area contributed by atoms with Crippen molar-refractivity contribution in [3.8, 4) is 0 Å². The molecule has 2 atom stereocenters. The first-order chi connectivity index (χ1) is 30.6. The monoisotopic (exact) mass is 1020 g/mol. The Hall–Kier alpha value is -5.32. The Morgan fingerprint density at radius 3 is 1.33 bits per heavy atom. The Kier molecular flexibility index (Phi) is 12.4. The molecule has 16 nitrogen and oxygen atoms in total. The van der Waals surface area contributed by atoms with Crippen molar-refractivity contribution in [1.29, 1.82) is 0 Å². The summed E-state index contributed by atoms with van der Waals surface area (Å²) in [6, 6.07) is 26.5. The van der Waals surface area contributed by atoms with E-state index in [-0.39, 0.29) is 42.7 Å². The summed E-state index contributed by atoms with van der Waals surface area (Å²) in [7, 11) is -16.1. The van der Waals surface area contributed by atoms with Crippen LogP contribution in [0.4, 0.5) is 0 Å². The molecular weight excluding hydrogens is 980 g/mol.